The fourth-order valence-corrected chi connectivity index (χ4v) is 1.85. The summed E-state index contributed by atoms with van der Waals surface area (Å²) in [6.07, 6.45) is 3.14. The van der Waals surface area contributed by atoms with E-state index in [1.807, 2.05) is 0 Å². The molecule has 1 amide bonds. The molecule has 0 fully saturated rings. The Morgan fingerprint density at radius 2 is 2.00 bits per heavy atom. The van der Waals surface area contributed by atoms with Gasteiger partial charge in [0.05, 0.1) is 25.0 Å². The normalized spacial score (nSPS) is 11.5. The van der Waals surface area contributed by atoms with Crippen LogP contribution in [0.5, 0.6) is 0 Å². The van der Waals surface area contributed by atoms with Crippen LogP contribution in [0.1, 0.15) is 10.4 Å². The maximum atomic E-state index is 12.3. The summed E-state index contributed by atoms with van der Waals surface area (Å²) < 4.78 is 4.51. The van der Waals surface area contributed by atoms with Gasteiger partial charge in [0, 0.05) is 12.4 Å². The van der Waals surface area contributed by atoms with Gasteiger partial charge < -0.3 is 15.2 Å². The number of aliphatic hydroxyl groups excluding tert-OH is 1. The first-order chi connectivity index (χ1) is 10.7. The van der Waals surface area contributed by atoms with E-state index in [0.717, 1.165) is 0 Å². The van der Waals surface area contributed by atoms with E-state index in [4.69, 9.17) is 5.11 Å². The number of aromatic nitrogens is 2. The summed E-state index contributed by atoms with van der Waals surface area (Å²) in [5, 5.41) is 11.6. The maximum absolute atomic E-state index is 12.3. The van der Waals surface area contributed by atoms with Crippen LogP contribution in [-0.4, -0.2) is 46.7 Å². The first kappa shape index (κ1) is 15.6. The van der Waals surface area contributed by atoms with Gasteiger partial charge in [0.25, 0.3) is 5.91 Å². The Hall–Kier alpha value is -2.80. The molecule has 22 heavy (non-hydrogen) atoms. The fraction of sp³-hybridized carbons (Fsp3) is 0.200. The third kappa shape index (κ3) is 3.44. The van der Waals surface area contributed by atoms with E-state index in [1.54, 1.807) is 42.7 Å². The van der Waals surface area contributed by atoms with Gasteiger partial charge in [-0.1, -0.05) is 6.07 Å². The summed E-state index contributed by atoms with van der Waals surface area (Å²) in [6, 6.07) is 7.30. The minimum atomic E-state index is -1.13. The summed E-state index contributed by atoms with van der Waals surface area (Å²) in [6.45, 7) is -0.558. The van der Waals surface area contributed by atoms with Crippen LogP contribution in [-0.2, 0) is 9.53 Å². The van der Waals surface area contributed by atoms with Crippen molar-refractivity contribution >= 4 is 11.9 Å². The average Bonchev–Trinajstić information content (AvgIpc) is 2.59. The zero-order valence-corrected chi connectivity index (χ0v) is 11.9. The molecule has 0 aromatic carbocycles. The first-order valence-electron chi connectivity index (χ1n) is 6.53. The molecule has 0 aliphatic rings. The predicted octanol–water partition coefficient (Wildman–Crippen LogP) is 0.407. The third-order valence-electron chi connectivity index (χ3n) is 2.93. The molecule has 7 heteroatoms. The molecule has 2 rings (SSSR count). The van der Waals surface area contributed by atoms with Crippen LogP contribution in [0.2, 0.25) is 0 Å². The van der Waals surface area contributed by atoms with Gasteiger partial charge in [-0.2, -0.15) is 0 Å². The molecule has 114 valence electrons. The van der Waals surface area contributed by atoms with Crippen LogP contribution >= 0.6 is 0 Å². The monoisotopic (exact) mass is 301 g/mol. The number of pyridine rings is 2. The topological polar surface area (TPSA) is 101 Å². The SMILES string of the molecule is COC(=O)C(CO)NC(=O)c1cccnc1-c1ccccn1. The van der Waals surface area contributed by atoms with Crippen LogP contribution in [0.15, 0.2) is 42.7 Å². The van der Waals surface area contributed by atoms with E-state index >= 15 is 0 Å². The molecule has 0 saturated heterocycles. The number of carbonyl (C=O) groups is 2. The molecule has 2 aromatic heterocycles. The summed E-state index contributed by atoms with van der Waals surface area (Å²) in [5.74, 6) is -1.27. The number of rotatable bonds is 5. The van der Waals surface area contributed by atoms with E-state index < -0.39 is 24.5 Å². The van der Waals surface area contributed by atoms with Crippen molar-refractivity contribution in [3.63, 3.8) is 0 Å². The smallest absolute Gasteiger partial charge is 0.330 e. The molecular formula is C15H15N3O4. The molecule has 0 saturated carbocycles. The number of nitrogens with one attached hydrogen (secondary N) is 1. The zero-order valence-electron chi connectivity index (χ0n) is 11.9. The Balaban J connectivity index is 2.29. The highest BCUT2D eigenvalue weighted by molar-refractivity contribution is 6.01. The Labute approximate surface area is 127 Å². The quantitative estimate of drug-likeness (QED) is 0.776. The minimum absolute atomic E-state index is 0.253. The predicted molar refractivity (Wildman–Crippen MR) is 77.8 cm³/mol. The molecule has 0 radical (unpaired) electrons. The molecule has 2 aromatic rings. The van der Waals surface area contributed by atoms with Crippen LogP contribution in [0.25, 0.3) is 11.4 Å². The van der Waals surface area contributed by atoms with Crippen molar-refractivity contribution < 1.29 is 19.4 Å². The second-order valence-electron chi connectivity index (χ2n) is 4.35. The molecule has 0 bridgehead atoms. The Kier molecular flexibility index (Phi) is 5.16. The Morgan fingerprint density at radius 3 is 2.64 bits per heavy atom. The Morgan fingerprint density at radius 1 is 1.23 bits per heavy atom. The molecular weight excluding hydrogens is 286 g/mol. The molecule has 7 nitrogen and oxygen atoms in total. The summed E-state index contributed by atoms with van der Waals surface area (Å²) in [5.41, 5.74) is 1.18. The number of nitrogens with zero attached hydrogens (tertiary/aromatic N) is 2. The highest BCUT2D eigenvalue weighted by atomic mass is 16.5. The van der Waals surface area contributed by atoms with Crippen LogP contribution in [0.3, 0.4) is 0 Å². The Bertz CT molecular complexity index is 661. The van der Waals surface area contributed by atoms with Crippen molar-refractivity contribution in [2.45, 2.75) is 6.04 Å². The van der Waals surface area contributed by atoms with Crippen molar-refractivity contribution in [2.24, 2.45) is 0 Å². The van der Waals surface area contributed by atoms with E-state index in [0.29, 0.717) is 11.4 Å². The van der Waals surface area contributed by atoms with Crippen LogP contribution in [0.4, 0.5) is 0 Å². The van der Waals surface area contributed by atoms with Crippen molar-refractivity contribution in [3.8, 4) is 11.4 Å². The molecule has 0 aliphatic heterocycles. The van der Waals surface area contributed by atoms with Gasteiger partial charge in [0.2, 0.25) is 0 Å². The van der Waals surface area contributed by atoms with Crippen molar-refractivity contribution in [1.82, 2.24) is 15.3 Å². The first-order valence-corrected chi connectivity index (χ1v) is 6.53. The van der Waals surface area contributed by atoms with E-state index in [-0.39, 0.29) is 5.56 Å². The summed E-state index contributed by atoms with van der Waals surface area (Å²) >= 11 is 0. The number of aliphatic hydroxyl groups is 1. The largest absolute Gasteiger partial charge is 0.467 e. The van der Waals surface area contributed by atoms with Gasteiger partial charge in [-0.15, -0.1) is 0 Å². The fourth-order valence-electron chi connectivity index (χ4n) is 1.85. The van der Waals surface area contributed by atoms with Crippen LogP contribution < -0.4 is 5.32 Å². The minimum Gasteiger partial charge on any atom is -0.467 e. The molecule has 0 spiro atoms. The lowest BCUT2D eigenvalue weighted by molar-refractivity contribution is -0.143. The summed E-state index contributed by atoms with van der Waals surface area (Å²) in [7, 11) is 1.18. The van der Waals surface area contributed by atoms with Gasteiger partial charge in [-0.3, -0.25) is 14.8 Å². The molecule has 2 heterocycles. The zero-order chi connectivity index (χ0) is 15.9. The number of ether oxygens (including phenoxy) is 1. The second-order valence-corrected chi connectivity index (χ2v) is 4.35. The lowest BCUT2D eigenvalue weighted by Gasteiger charge is -2.15. The van der Waals surface area contributed by atoms with Crippen LogP contribution in [0, 0.1) is 0 Å². The van der Waals surface area contributed by atoms with Gasteiger partial charge >= 0.3 is 5.97 Å². The molecule has 1 atom stereocenters. The lowest BCUT2D eigenvalue weighted by Crippen LogP contribution is -2.44. The number of esters is 1. The summed E-state index contributed by atoms with van der Waals surface area (Å²) in [4.78, 5) is 32.1. The standard InChI is InChI=1S/C15H15N3O4/c1-22-15(21)12(9-19)18-14(20)10-5-4-8-17-13(10)11-6-2-3-7-16-11/h2-8,12,19H,9H2,1H3,(H,18,20). The van der Waals surface area contributed by atoms with E-state index in [2.05, 4.69) is 20.0 Å². The van der Waals surface area contributed by atoms with E-state index in [9.17, 15) is 9.59 Å². The molecule has 1 unspecified atom stereocenters. The van der Waals surface area contributed by atoms with Crippen molar-refractivity contribution in [2.75, 3.05) is 13.7 Å². The van der Waals surface area contributed by atoms with E-state index in [1.165, 1.54) is 7.11 Å². The highest BCUT2D eigenvalue weighted by Crippen LogP contribution is 2.18. The average molecular weight is 301 g/mol. The van der Waals surface area contributed by atoms with Crippen molar-refractivity contribution in [3.05, 3.63) is 48.3 Å². The second kappa shape index (κ2) is 7.28. The van der Waals surface area contributed by atoms with Gasteiger partial charge in [-0.05, 0) is 24.3 Å². The highest BCUT2D eigenvalue weighted by Gasteiger charge is 2.23. The molecule has 2 N–H and O–H groups in total. The lowest BCUT2D eigenvalue weighted by atomic mass is 10.1. The number of methoxy groups -OCH3 is 1. The third-order valence-corrected chi connectivity index (χ3v) is 2.93. The van der Waals surface area contributed by atoms with Gasteiger partial charge in [-0.25, -0.2) is 4.79 Å². The number of carbonyl (C=O) groups excluding carboxylic acids is 2. The number of amides is 1. The van der Waals surface area contributed by atoms with Gasteiger partial charge in [0.1, 0.15) is 5.69 Å². The molecule has 0 aliphatic carbocycles. The number of hydrogen-bond donors (Lipinski definition) is 2. The van der Waals surface area contributed by atoms with Gasteiger partial charge in [0.15, 0.2) is 6.04 Å². The van der Waals surface area contributed by atoms with Crippen molar-refractivity contribution in [1.29, 1.82) is 0 Å². The number of hydrogen-bond acceptors (Lipinski definition) is 6. The maximum Gasteiger partial charge on any atom is 0.330 e.